The minimum Gasteiger partial charge on any atom is -0.497 e. The topological polar surface area (TPSA) is 124 Å². The van der Waals surface area contributed by atoms with Crippen LogP contribution in [0.5, 0.6) is 5.75 Å². The summed E-state index contributed by atoms with van der Waals surface area (Å²) in [4.78, 5) is 12.9. The molecule has 0 saturated heterocycles. The monoisotopic (exact) mass is 427 g/mol. The molecule has 1 aliphatic heterocycles. The lowest BCUT2D eigenvalue weighted by molar-refractivity contribution is -0.143. The largest absolute Gasteiger partial charge is 0.497 e. The van der Waals surface area contributed by atoms with Gasteiger partial charge in [0.05, 0.1) is 24.7 Å². The number of hydrogen-bond acceptors (Lipinski definition) is 7. The van der Waals surface area contributed by atoms with E-state index in [1.165, 1.54) is 42.7 Å². The Balaban J connectivity index is 2.10. The van der Waals surface area contributed by atoms with Gasteiger partial charge in [-0.2, -0.15) is 4.31 Å². The second kappa shape index (κ2) is 8.18. The average molecular weight is 428 g/mol. The van der Waals surface area contributed by atoms with E-state index in [1.54, 1.807) is 11.4 Å². The third kappa shape index (κ3) is 3.65. The Labute approximate surface area is 166 Å². The molecule has 0 aliphatic carbocycles. The molecule has 1 aromatic heterocycles. The number of carbonyl (C=O) groups is 1. The van der Waals surface area contributed by atoms with E-state index in [2.05, 4.69) is 0 Å². The Hall–Kier alpha value is -1.98. The van der Waals surface area contributed by atoms with Crippen LogP contribution in [0.15, 0.2) is 40.6 Å². The summed E-state index contributed by atoms with van der Waals surface area (Å²) in [5.41, 5.74) is 0.561. The summed E-state index contributed by atoms with van der Waals surface area (Å²) < 4.78 is 32.5. The van der Waals surface area contributed by atoms with Gasteiger partial charge in [-0.05, 0) is 47.7 Å². The number of carboxylic acid groups (broad SMARTS) is 1. The highest BCUT2D eigenvalue weighted by Crippen LogP contribution is 2.38. The van der Waals surface area contributed by atoms with Crippen molar-refractivity contribution >= 4 is 27.3 Å². The first kappa shape index (κ1) is 20.7. The molecule has 0 fully saturated rings. The van der Waals surface area contributed by atoms with Crippen LogP contribution in [0.3, 0.4) is 0 Å². The molecule has 10 heteroatoms. The van der Waals surface area contributed by atoms with E-state index >= 15 is 0 Å². The number of aliphatic hydroxyl groups is 2. The lowest BCUT2D eigenvalue weighted by atomic mass is 9.87. The van der Waals surface area contributed by atoms with Crippen LogP contribution >= 0.6 is 11.3 Å². The van der Waals surface area contributed by atoms with Gasteiger partial charge < -0.3 is 20.1 Å². The summed E-state index contributed by atoms with van der Waals surface area (Å²) in [5.74, 6) is -1.99. The number of benzene rings is 1. The Morgan fingerprint density at radius 2 is 2.00 bits per heavy atom. The zero-order chi connectivity index (χ0) is 20.5. The minimum absolute atomic E-state index is 0.0481. The Morgan fingerprint density at radius 3 is 2.57 bits per heavy atom. The molecule has 0 saturated carbocycles. The molecule has 1 aromatic carbocycles. The van der Waals surface area contributed by atoms with Gasteiger partial charge in [-0.25, -0.2) is 8.42 Å². The molecular weight excluding hydrogens is 406 g/mol. The molecule has 0 bridgehead atoms. The fourth-order valence-corrected chi connectivity index (χ4v) is 6.04. The normalized spacial score (nSPS) is 21.5. The molecule has 3 N–H and O–H groups in total. The van der Waals surface area contributed by atoms with Crippen LogP contribution < -0.4 is 4.74 Å². The molecule has 3 atom stereocenters. The fraction of sp³-hybridized carbons (Fsp3) is 0.389. The quantitative estimate of drug-likeness (QED) is 0.625. The van der Waals surface area contributed by atoms with E-state index in [1.807, 2.05) is 0 Å². The van der Waals surface area contributed by atoms with E-state index < -0.39 is 40.7 Å². The molecule has 1 unspecified atom stereocenters. The zero-order valence-corrected chi connectivity index (χ0v) is 16.7. The van der Waals surface area contributed by atoms with Crippen LogP contribution in [0, 0.1) is 0 Å². The van der Waals surface area contributed by atoms with Gasteiger partial charge in [0, 0.05) is 17.3 Å². The second-order valence-electron chi connectivity index (χ2n) is 6.40. The van der Waals surface area contributed by atoms with Gasteiger partial charge in [0.15, 0.2) is 0 Å². The number of aliphatic hydroxyl groups excluding tert-OH is 2. The number of nitrogens with zero attached hydrogens (tertiary/aromatic N) is 1. The van der Waals surface area contributed by atoms with Crippen molar-refractivity contribution in [1.82, 2.24) is 4.31 Å². The third-order valence-corrected chi connectivity index (χ3v) is 7.76. The molecule has 2 aromatic rings. The zero-order valence-electron chi connectivity index (χ0n) is 15.1. The van der Waals surface area contributed by atoms with E-state index in [0.29, 0.717) is 17.7 Å². The summed E-state index contributed by atoms with van der Waals surface area (Å²) in [6.45, 7) is -0.729. The number of hydrogen-bond donors (Lipinski definition) is 3. The molecule has 28 heavy (non-hydrogen) atoms. The van der Waals surface area contributed by atoms with Crippen LogP contribution in [-0.4, -0.2) is 66.4 Å². The van der Waals surface area contributed by atoms with E-state index in [9.17, 15) is 28.5 Å². The molecule has 1 aliphatic rings. The van der Waals surface area contributed by atoms with Crippen molar-refractivity contribution in [2.24, 2.45) is 0 Å². The summed E-state index contributed by atoms with van der Waals surface area (Å²) >= 11 is 1.37. The molecule has 152 valence electrons. The maximum Gasteiger partial charge on any atom is 0.322 e. The number of ether oxygens (including phenoxy) is 1. The molecule has 0 amide bonds. The van der Waals surface area contributed by atoms with Crippen LogP contribution in [0.1, 0.15) is 16.4 Å². The number of carboxylic acids is 1. The summed E-state index contributed by atoms with van der Waals surface area (Å²) in [6.07, 6.45) is -1.10. The maximum atomic E-state index is 13.3. The van der Waals surface area contributed by atoms with Gasteiger partial charge in [0.1, 0.15) is 11.8 Å². The maximum absolute atomic E-state index is 13.3. The molecule has 0 radical (unpaired) electrons. The summed E-state index contributed by atoms with van der Waals surface area (Å²) in [6, 6.07) is 5.80. The van der Waals surface area contributed by atoms with Gasteiger partial charge >= 0.3 is 5.97 Å². The van der Waals surface area contributed by atoms with Crippen molar-refractivity contribution in [3.63, 3.8) is 0 Å². The SMILES string of the molecule is COc1ccc(S(=O)(=O)N2CCc3sccc3[C@@H](C(O)CO)[C@H]2C(=O)O)cc1. The first-order valence-corrected chi connectivity index (χ1v) is 10.9. The number of methoxy groups -OCH3 is 1. The summed E-state index contributed by atoms with van der Waals surface area (Å²) in [5, 5.41) is 31.5. The Bertz CT molecular complexity index is 939. The average Bonchev–Trinajstić information content (AvgIpc) is 3.07. The fourth-order valence-electron chi connectivity index (χ4n) is 3.51. The van der Waals surface area contributed by atoms with Gasteiger partial charge in [-0.3, -0.25) is 4.79 Å². The molecule has 8 nitrogen and oxygen atoms in total. The standard InChI is InChI=1S/C18H21NO7S2/c1-26-11-2-4-12(5-3-11)28(24,25)19-8-6-15-13(7-9-27-15)16(14(21)10-20)17(19)18(22)23/h2-5,7,9,14,16-17,20-21H,6,8,10H2,1H3,(H,22,23)/t14?,16-,17-/m0/s1. The van der Waals surface area contributed by atoms with Gasteiger partial charge in [-0.15, -0.1) is 11.3 Å². The van der Waals surface area contributed by atoms with E-state index in [0.717, 1.165) is 9.18 Å². The van der Waals surface area contributed by atoms with Crippen LogP contribution in [0.4, 0.5) is 0 Å². The van der Waals surface area contributed by atoms with Crippen molar-refractivity contribution < 1.29 is 33.3 Å². The van der Waals surface area contributed by atoms with Crippen molar-refractivity contribution in [2.45, 2.75) is 29.4 Å². The number of rotatable bonds is 6. The lowest BCUT2D eigenvalue weighted by Gasteiger charge is -2.33. The lowest BCUT2D eigenvalue weighted by Crippen LogP contribution is -2.51. The van der Waals surface area contributed by atoms with Crippen molar-refractivity contribution in [2.75, 3.05) is 20.3 Å². The predicted molar refractivity (Wildman–Crippen MR) is 102 cm³/mol. The van der Waals surface area contributed by atoms with Gasteiger partial charge in [0.25, 0.3) is 0 Å². The smallest absolute Gasteiger partial charge is 0.322 e. The number of sulfonamides is 1. The number of aliphatic carboxylic acids is 1. The highest BCUT2D eigenvalue weighted by Gasteiger charge is 2.46. The second-order valence-corrected chi connectivity index (χ2v) is 9.29. The minimum atomic E-state index is -4.17. The highest BCUT2D eigenvalue weighted by atomic mass is 32.2. The van der Waals surface area contributed by atoms with Gasteiger partial charge in [0.2, 0.25) is 10.0 Å². The summed E-state index contributed by atoms with van der Waals surface area (Å²) in [7, 11) is -2.71. The predicted octanol–water partition coefficient (Wildman–Crippen LogP) is 0.894. The van der Waals surface area contributed by atoms with E-state index in [-0.39, 0.29) is 11.4 Å². The first-order chi connectivity index (χ1) is 13.3. The highest BCUT2D eigenvalue weighted by molar-refractivity contribution is 7.89. The van der Waals surface area contributed by atoms with Crippen LogP contribution in [0.25, 0.3) is 0 Å². The van der Waals surface area contributed by atoms with Crippen LogP contribution in [0.2, 0.25) is 0 Å². The van der Waals surface area contributed by atoms with Crippen molar-refractivity contribution in [1.29, 1.82) is 0 Å². The number of fused-ring (bicyclic) bond motifs is 1. The third-order valence-electron chi connectivity index (χ3n) is 4.87. The van der Waals surface area contributed by atoms with Crippen LogP contribution in [-0.2, 0) is 21.2 Å². The Kier molecular flexibility index (Phi) is 6.06. The molecular formula is C18H21NO7S2. The van der Waals surface area contributed by atoms with Gasteiger partial charge in [-0.1, -0.05) is 0 Å². The van der Waals surface area contributed by atoms with Crippen molar-refractivity contribution in [3.05, 3.63) is 46.2 Å². The van der Waals surface area contributed by atoms with Crippen molar-refractivity contribution in [3.8, 4) is 5.75 Å². The Morgan fingerprint density at radius 1 is 1.32 bits per heavy atom. The molecule has 2 heterocycles. The van der Waals surface area contributed by atoms with E-state index in [4.69, 9.17) is 4.74 Å². The number of thiophene rings is 1. The first-order valence-electron chi connectivity index (χ1n) is 8.55. The molecule has 0 spiro atoms. The molecule has 3 rings (SSSR count).